The van der Waals surface area contributed by atoms with Gasteiger partial charge >= 0.3 is 58.4 Å². The summed E-state index contributed by atoms with van der Waals surface area (Å²) in [5, 5.41) is 0. The zero-order valence-corrected chi connectivity index (χ0v) is 13.7. The molecule has 0 aliphatic carbocycles. The molecule has 17 heavy (non-hydrogen) atoms. The third-order valence-corrected chi connectivity index (χ3v) is 2.82. The molecule has 0 N–H and O–H groups in total. The van der Waals surface area contributed by atoms with Crippen molar-refractivity contribution in [3.8, 4) is 0 Å². The topological polar surface area (TPSA) is 12.5 Å². The summed E-state index contributed by atoms with van der Waals surface area (Å²) < 4.78 is 42.5. The Kier molecular flexibility index (Phi) is 8.91. The Labute approximate surface area is 143 Å². The smallest absolute Gasteiger partial charge is 0.445 e. The maximum atomic E-state index is 12.4. The number of rotatable bonds is 6. The third kappa shape index (κ3) is 6.75. The van der Waals surface area contributed by atoms with Gasteiger partial charge in [-0.05, 0) is 25.9 Å². The number of halogens is 3. The first kappa shape index (κ1) is 18.2. The summed E-state index contributed by atoms with van der Waals surface area (Å²) in [6.07, 6.45) is 2.04. The Bertz CT molecular complexity index is 244. The fourth-order valence-corrected chi connectivity index (χ4v) is 1.77. The van der Waals surface area contributed by atoms with Gasteiger partial charge in [-0.25, -0.2) is 0 Å². The number of likely N-dealkylation sites (N-methyl/N-ethyl adjacent to an activating group) is 1. The van der Waals surface area contributed by atoms with E-state index in [9.17, 15) is 12.9 Å². The minimum Gasteiger partial charge on any atom is -0.445 e. The van der Waals surface area contributed by atoms with E-state index in [0.717, 1.165) is 19.4 Å². The van der Waals surface area contributed by atoms with Gasteiger partial charge in [0.1, 0.15) is 0 Å². The fourth-order valence-electron chi connectivity index (χ4n) is 1.77. The van der Waals surface area contributed by atoms with Gasteiger partial charge in [-0.1, -0.05) is 6.92 Å². The van der Waals surface area contributed by atoms with E-state index < -0.39 is 12.4 Å². The van der Waals surface area contributed by atoms with Crippen LogP contribution >= 0.6 is 0 Å². The minimum atomic E-state index is -4.91. The van der Waals surface area contributed by atoms with Crippen LogP contribution in [0.2, 0.25) is 0 Å². The molecule has 0 saturated carbocycles. The van der Waals surface area contributed by atoms with Gasteiger partial charge in [-0.2, -0.15) is 0 Å². The first-order valence-electron chi connectivity index (χ1n) is 5.65. The molecule has 1 rings (SSSR count). The van der Waals surface area contributed by atoms with Gasteiger partial charge < -0.3 is 22.6 Å². The maximum absolute atomic E-state index is 12.4. The molecule has 0 amide bonds. The SMILES string of the molecule is C=C(CN(CC)CC1CCCO1)[B-](F)(F)F.[K+]. The van der Waals surface area contributed by atoms with Crippen LogP contribution in [0.15, 0.2) is 12.1 Å². The Morgan fingerprint density at radius 1 is 1.47 bits per heavy atom. The predicted molar refractivity (Wildman–Crippen MR) is 59.3 cm³/mol. The predicted octanol–water partition coefficient (Wildman–Crippen LogP) is -0.566. The van der Waals surface area contributed by atoms with Gasteiger partial charge in [0.15, 0.2) is 0 Å². The zero-order chi connectivity index (χ0) is 12.2. The standard InChI is InChI=1S/C10H18BF3NO.K/c1-3-15(7-9(2)11(12,13)14)8-10-5-4-6-16-10;/h10H,2-8H2,1H3;/q-1;+1. The van der Waals surface area contributed by atoms with Gasteiger partial charge in [-0.15, -0.1) is 12.1 Å². The van der Waals surface area contributed by atoms with Crippen molar-refractivity contribution >= 4 is 6.98 Å². The molecule has 2 nitrogen and oxygen atoms in total. The monoisotopic (exact) mass is 275 g/mol. The molecule has 0 aromatic carbocycles. The van der Waals surface area contributed by atoms with Crippen LogP contribution < -0.4 is 51.4 Å². The Morgan fingerprint density at radius 3 is 2.53 bits per heavy atom. The van der Waals surface area contributed by atoms with E-state index in [2.05, 4.69) is 6.58 Å². The Morgan fingerprint density at radius 2 is 2.12 bits per heavy atom. The van der Waals surface area contributed by atoms with Crippen LogP contribution in [0.1, 0.15) is 19.8 Å². The molecule has 0 bridgehead atoms. The number of hydrogen-bond donors (Lipinski definition) is 0. The van der Waals surface area contributed by atoms with Crippen molar-refractivity contribution in [3.05, 3.63) is 12.1 Å². The van der Waals surface area contributed by atoms with Crippen LogP contribution in [-0.4, -0.2) is 44.2 Å². The van der Waals surface area contributed by atoms with Crippen molar-refractivity contribution in [3.63, 3.8) is 0 Å². The Hall–Kier alpha value is 1.15. The molecule has 0 spiro atoms. The molecule has 1 unspecified atom stereocenters. The van der Waals surface area contributed by atoms with Crippen LogP contribution in [0.25, 0.3) is 0 Å². The number of hydrogen-bond acceptors (Lipinski definition) is 2. The van der Waals surface area contributed by atoms with Crippen LogP contribution in [-0.2, 0) is 4.74 Å². The van der Waals surface area contributed by atoms with Crippen LogP contribution in [0, 0.1) is 0 Å². The summed E-state index contributed by atoms with van der Waals surface area (Å²) in [6, 6.07) is 0. The van der Waals surface area contributed by atoms with E-state index in [-0.39, 0.29) is 64.0 Å². The maximum Gasteiger partial charge on any atom is 1.00 e. The molecule has 0 aromatic rings. The largest absolute Gasteiger partial charge is 1.00 e. The molecule has 1 heterocycles. The molecule has 94 valence electrons. The molecule has 7 heteroatoms. The van der Waals surface area contributed by atoms with E-state index >= 15 is 0 Å². The van der Waals surface area contributed by atoms with E-state index in [4.69, 9.17) is 4.74 Å². The minimum absolute atomic E-state index is 0. The van der Waals surface area contributed by atoms with Crippen molar-refractivity contribution in [2.24, 2.45) is 0 Å². The molecule has 1 aliphatic heterocycles. The summed E-state index contributed by atoms with van der Waals surface area (Å²) in [4.78, 5) is 1.74. The van der Waals surface area contributed by atoms with E-state index in [1.807, 2.05) is 6.92 Å². The van der Waals surface area contributed by atoms with Crippen molar-refractivity contribution in [1.29, 1.82) is 0 Å². The summed E-state index contributed by atoms with van der Waals surface area (Å²) in [6.45, 7) is 1.84. The molecule has 1 fully saturated rings. The van der Waals surface area contributed by atoms with Gasteiger partial charge in [0.25, 0.3) is 0 Å². The first-order chi connectivity index (χ1) is 7.43. The molecule has 1 saturated heterocycles. The summed E-state index contributed by atoms with van der Waals surface area (Å²) in [5.74, 6) is 0. The zero-order valence-electron chi connectivity index (χ0n) is 10.6. The third-order valence-electron chi connectivity index (χ3n) is 2.82. The summed E-state index contributed by atoms with van der Waals surface area (Å²) in [5.41, 5.74) is -0.625. The fraction of sp³-hybridized carbons (Fsp3) is 0.800. The second-order valence-corrected chi connectivity index (χ2v) is 4.20. The van der Waals surface area contributed by atoms with Crippen LogP contribution in [0.3, 0.4) is 0 Å². The van der Waals surface area contributed by atoms with Gasteiger partial charge in [0.05, 0.1) is 6.10 Å². The summed E-state index contributed by atoms with van der Waals surface area (Å²) in [7, 11) is 0. The normalized spacial score (nSPS) is 20.4. The average Bonchev–Trinajstić information content (AvgIpc) is 2.67. The van der Waals surface area contributed by atoms with Crippen LogP contribution in [0.5, 0.6) is 0 Å². The quantitative estimate of drug-likeness (QED) is 0.602. The van der Waals surface area contributed by atoms with Crippen LogP contribution in [0.4, 0.5) is 12.9 Å². The van der Waals surface area contributed by atoms with Crippen molar-refractivity contribution in [2.45, 2.75) is 25.9 Å². The average molecular weight is 275 g/mol. The Balaban J connectivity index is 0.00000256. The van der Waals surface area contributed by atoms with E-state index in [0.29, 0.717) is 13.1 Å². The first-order valence-corrected chi connectivity index (χ1v) is 5.65. The van der Waals surface area contributed by atoms with Crippen molar-refractivity contribution in [2.75, 3.05) is 26.2 Å². The van der Waals surface area contributed by atoms with E-state index in [1.165, 1.54) is 0 Å². The molecule has 0 radical (unpaired) electrons. The van der Waals surface area contributed by atoms with Gasteiger partial charge in [0, 0.05) is 13.2 Å². The molecular weight excluding hydrogens is 257 g/mol. The summed E-state index contributed by atoms with van der Waals surface area (Å²) >= 11 is 0. The molecule has 1 aliphatic rings. The van der Waals surface area contributed by atoms with E-state index in [1.54, 1.807) is 4.90 Å². The second-order valence-electron chi connectivity index (χ2n) is 4.20. The number of ether oxygens (including phenoxy) is 1. The molecular formula is C10H18BF3KNO. The molecule has 0 aromatic heterocycles. The van der Waals surface area contributed by atoms with Crippen molar-refractivity contribution in [1.82, 2.24) is 4.90 Å². The second kappa shape index (κ2) is 8.35. The molecule has 1 atom stereocenters. The van der Waals surface area contributed by atoms with Crippen molar-refractivity contribution < 1.29 is 69.1 Å². The van der Waals surface area contributed by atoms with Gasteiger partial charge in [0.2, 0.25) is 0 Å². The number of nitrogens with zero attached hydrogens (tertiary/aromatic N) is 1. The van der Waals surface area contributed by atoms with Gasteiger partial charge in [-0.3, -0.25) is 0 Å².